The molecule has 6 heteroatoms. The predicted octanol–water partition coefficient (Wildman–Crippen LogP) is 1.86. The lowest BCUT2D eigenvalue weighted by Gasteiger charge is -2.31. The van der Waals surface area contributed by atoms with Crippen molar-refractivity contribution in [2.24, 2.45) is 5.92 Å². The molecule has 1 amide bonds. The summed E-state index contributed by atoms with van der Waals surface area (Å²) >= 11 is 0. The molecule has 0 aromatic carbocycles. The summed E-state index contributed by atoms with van der Waals surface area (Å²) in [5.74, 6) is 1.05. The molecule has 0 radical (unpaired) electrons. The van der Waals surface area contributed by atoms with Crippen LogP contribution in [-0.2, 0) is 4.79 Å². The second-order valence-electron chi connectivity index (χ2n) is 5.86. The number of carbonyl (C=O) groups excluding carboxylic acids is 1. The van der Waals surface area contributed by atoms with Gasteiger partial charge in [0.2, 0.25) is 11.9 Å². The lowest BCUT2D eigenvalue weighted by molar-refractivity contribution is -0.125. The Labute approximate surface area is 130 Å². The molecule has 118 valence electrons. The van der Waals surface area contributed by atoms with Gasteiger partial charge in [-0.1, -0.05) is 19.4 Å². The number of rotatable bonds is 5. The summed E-state index contributed by atoms with van der Waals surface area (Å²) in [6.07, 6.45) is 6.06. The Hall–Kier alpha value is -2.11. The van der Waals surface area contributed by atoms with Gasteiger partial charge in [-0.2, -0.15) is 0 Å². The van der Waals surface area contributed by atoms with E-state index in [4.69, 9.17) is 0 Å². The Morgan fingerprint density at radius 1 is 1.41 bits per heavy atom. The molecule has 3 heterocycles. The van der Waals surface area contributed by atoms with E-state index < -0.39 is 0 Å². The first-order valence-corrected chi connectivity index (χ1v) is 8.12. The van der Waals surface area contributed by atoms with Crippen molar-refractivity contribution < 1.29 is 4.79 Å². The van der Waals surface area contributed by atoms with Gasteiger partial charge in [0.25, 0.3) is 0 Å². The van der Waals surface area contributed by atoms with Crippen molar-refractivity contribution >= 4 is 17.5 Å². The largest absolute Gasteiger partial charge is 0.356 e. The van der Waals surface area contributed by atoms with Crippen molar-refractivity contribution in [3.05, 3.63) is 24.4 Å². The average Bonchev–Trinajstić information content (AvgIpc) is 2.99. The van der Waals surface area contributed by atoms with Crippen LogP contribution in [0.3, 0.4) is 0 Å². The minimum atomic E-state index is 0.0432. The molecule has 2 aromatic rings. The summed E-state index contributed by atoms with van der Waals surface area (Å²) in [4.78, 5) is 14.4. The number of nitrogens with one attached hydrogen (secondary N) is 1. The van der Waals surface area contributed by atoms with Gasteiger partial charge in [0.05, 0.1) is 5.92 Å². The minimum Gasteiger partial charge on any atom is -0.356 e. The standard InChI is InChI=1S/C16H23N5O/c1-2-3-9-17-15(22)13-7-6-10-20(12-13)16-19-18-14-8-4-5-11-21(14)16/h4-5,8,11,13H,2-3,6-7,9-10,12H2,1H3,(H,17,22)/t13-/m0/s1. The Kier molecular flexibility index (Phi) is 4.56. The van der Waals surface area contributed by atoms with Crippen molar-refractivity contribution in [2.45, 2.75) is 32.6 Å². The third kappa shape index (κ3) is 3.05. The fourth-order valence-electron chi connectivity index (χ4n) is 2.95. The number of hydrogen-bond acceptors (Lipinski definition) is 4. The Balaban J connectivity index is 1.69. The highest BCUT2D eigenvalue weighted by atomic mass is 16.1. The maximum atomic E-state index is 12.3. The van der Waals surface area contributed by atoms with Crippen LogP contribution < -0.4 is 10.2 Å². The first kappa shape index (κ1) is 14.8. The molecule has 6 nitrogen and oxygen atoms in total. The number of fused-ring (bicyclic) bond motifs is 1. The molecule has 22 heavy (non-hydrogen) atoms. The molecule has 1 atom stereocenters. The SMILES string of the molecule is CCCCNC(=O)[C@H]1CCCN(c2nnc3ccccn23)C1. The Morgan fingerprint density at radius 3 is 3.18 bits per heavy atom. The van der Waals surface area contributed by atoms with Crippen LogP contribution in [0, 0.1) is 5.92 Å². The van der Waals surface area contributed by atoms with Crippen molar-refractivity contribution in [1.29, 1.82) is 0 Å². The minimum absolute atomic E-state index is 0.0432. The summed E-state index contributed by atoms with van der Waals surface area (Å²) < 4.78 is 1.98. The monoisotopic (exact) mass is 301 g/mol. The van der Waals surface area contributed by atoms with E-state index in [1.54, 1.807) is 0 Å². The number of aromatic nitrogens is 3. The fourth-order valence-corrected chi connectivity index (χ4v) is 2.95. The number of anilines is 1. The van der Waals surface area contributed by atoms with E-state index in [0.29, 0.717) is 6.54 Å². The van der Waals surface area contributed by atoms with Crippen LogP contribution in [0.5, 0.6) is 0 Å². The average molecular weight is 301 g/mol. The van der Waals surface area contributed by atoms with Gasteiger partial charge in [-0.25, -0.2) is 0 Å². The number of unbranched alkanes of at least 4 members (excludes halogenated alkanes) is 1. The van der Waals surface area contributed by atoms with Gasteiger partial charge in [-0.05, 0) is 31.4 Å². The quantitative estimate of drug-likeness (QED) is 0.856. The molecular weight excluding hydrogens is 278 g/mol. The van der Waals surface area contributed by atoms with E-state index in [0.717, 1.165) is 50.4 Å². The maximum absolute atomic E-state index is 12.3. The first-order chi connectivity index (χ1) is 10.8. The van der Waals surface area contributed by atoms with Gasteiger partial charge < -0.3 is 10.2 Å². The van der Waals surface area contributed by atoms with Gasteiger partial charge in [0.15, 0.2) is 5.65 Å². The van der Waals surface area contributed by atoms with Gasteiger partial charge >= 0.3 is 0 Å². The summed E-state index contributed by atoms with van der Waals surface area (Å²) in [7, 11) is 0. The summed E-state index contributed by atoms with van der Waals surface area (Å²) in [6, 6.07) is 5.86. The number of hydrogen-bond donors (Lipinski definition) is 1. The molecule has 3 rings (SSSR count). The molecule has 1 fully saturated rings. The Morgan fingerprint density at radius 2 is 2.32 bits per heavy atom. The molecule has 1 N–H and O–H groups in total. The maximum Gasteiger partial charge on any atom is 0.231 e. The molecule has 0 aliphatic carbocycles. The van der Waals surface area contributed by atoms with Gasteiger partial charge in [-0.3, -0.25) is 9.20 Å². The van der Waals surface area contributed by atoms with Crippen molar-refractivity contribution in [3.8, 4) is 0 Å². The lowest BCUT2D eigenvalue weighted by Crippen LogP contribution is -2.44. The second-order valence-corrected chi connectivity index (χ2v) is 5.86. The zero-order valence-corrected chi connectivity index (χ0v) is 13.0. The number of amides is 1. The lowest BCUT2D eigenvalue weighted by atomic mass is 9.97. The fraction of sp³-hybridized carbons (Fsp3) is 0.562. The number of nitrogens with zero attached hydrogens (tertiary/aromatic N) is 4. The van der Waals surface area contributed by atoms with Crippen molar-refractivity contribution in [1.82, 2.24) is 19.9 Å². The van der Waals surface area contributed by atoms with Crippen LogP contribution in [0.15, 0.2) is 24.4 Å². The molecular formula is C16H23N5O. The smallest absolute Gasteiger partial charge is 0.231 e. The van der Waals surface area contributed by atoms with Crippen LogP contribution in [-0.4, -0.2) is 40.1 Å². The molecule has 0 saturated carbocycles. The van der Waals surface area contributed by atoms with E-state index in [9.17, 15) is 4.79 Å². The van der Waals surface area contributed by atoms with E-state index in [-0.39, 0.29) is 11.8 Å². The Bertz CT molecular complexity index is 638. The summed E-state index contributed by atoms with van der Waals surface area (Å²) in [5.41, 5.74) is 0.840. The van der Waals surface area contributed by atoms with Crippen LogP contribution in [0.4, 0.5) is 5.95 Å². The number of piperidine rings is 1. The number of pyridine rings is 1. The van der Waals surface area contributed by atoms with Crippen LogP contribution in [0.1, 0.15) is 32.6 Å². The van der Waals surface area contributed by atoms with Crippen molar-refractivity contribution in [2.75, 3.05) is 24.5 Å². The topological polar surface area (TPSA) is 62.5 Å². The molecule has 1 saturated heterocycles. The predicted molar refractivity (Wildman–Crippen MR) is 85.8 cm³/mol. The van der Waals surface area contributed by atoms with Crippen LogP contribution in [0.25, 0.3) is 5.65 Å². The van der Waals surface area contributed by atoms with Gasteiger partial charge in [0, 0.05) is 25.8 Å². The third-order valence-electron chi connectivity index (χ3n) is 4.20. The highest BCUT2D eigenvalue weighted by Crippen LogP contribution is 2.22. The van der Waals surface area contributed by atoms with E-state index in [1.165, 1.54) is 0 Å². The van der Waals surface area contributed by atoms with E-state index in [2.05, 4.69) is 27.3 Å². The molecule has 0 unspecified atom stereocenters. The zero-order chi connectivity index (χ0) is 15.4. The second kappa shape index (κ2) is 6.77. The van der Waals surface area contributed by atoms with Gasteiger partial charge in [-0.15, -0.1) is 10.2 Å². The molecule has 2 aromatic heterocycles. The van der Waals surface area contributed by atoms with Crippen molar-refractivity contribution in [3.63, 3.8) is 0 Å². The molecule has 0 spiro atoms. The summed E-state index contributed by atoms with van der Waals surface area (Å²) in [5, 5.41) is 11.5. The normalized spacial score (nSPS) is 18.6. The first-order valence-electron chi connectivity index (χ1n) is 8.12. The van der Waals surface area contributed by atoms with E-state index in [1.807, 2.05) is 28.8 Å². The third-order valence-corrected chi connectivity index (χ3v) is 4.20. The molecule has 0 bridgehead atoms. The molecule has 1 aliphatic rings. The zero-order valence-electron chi connectivity index (χ0n) is 13.0. The highest BCUT2D eigenvalue weighted by molar-refractivity contribution is 5.79. The molecule has 1 aliphatic heterocycles. The summed E-state index contributed by atoms with van der Waals surface area (Å²) in [6.45, 7) is 4.55. The van der Waals surface area contributed by atoms with Gasteiger partial charge in [0.1, 0.15) is 0 Å². The van der Waals surface area contributed by atoms with E-state index >= 15 is 0 Å². The highest BCUT2D eigenvalue weighted by Gasteiger charge is 2.27. The van der Waals surface area contributed by atoms with Crippen LogP contribution >= 0.6 is 0 Å². The van der Waals surface area contributed by atoms with Crippen LogP contribution in [0.2, 0.25) is 0 Å². The number of carbonyl (C=O) groups is 1.